The van der Waals surface area contributed by atoms with Gasteiger partial charge >= 0.3 is 0 Å². The quantitative estimate of drug-likeness (QED) is 0.538. The van der Waals surface area contributed by atoms with Crippen molar-refractivity contribution in [2.45, 2.75) is 50.6 Å². The summed E-state index contributed by atoms with van der Waals surface area (Å²) in [4.78, 5) is 12.0. The molecule has 0 aromatic heterocycles. The Balaban J connectivity index is 2.56. The van der Waals surface area contributed by atoms with Crippen molar-refractivity contribution < 1.29 is 15.0 Å². The Hall–Kier alpha value is -0.650. The van der Waals surface area contributed by atoms with Crippen LogP contribution < -0.4 is 10.6 Å². The van der Waals surface area contributed by atoms with Crippen LogP contribution >= 0.6 is 0 Å². The summed E-state index contributed by atoms with van der Waals surface area (Å²) in [7, 11) is 0. The third kappa shape index (κ3) is 3.94. The topological polar surface area (TPSA) is 81.6 Å². The Kier molecular flexibility index (Phi) is 5.88. The molecule has 1 heterocycles. The zero-order valence-electron chi connectivity index (χ0n) is 10.5. The second-order valence-electron chi connectivity index (χ2n) is 4.80. The molecule has 1 amide bonds. The average molecular weight is 244 g/mol. The molecule has 0 aromatic rings. The molecule has 0 saturated carbocycles. The molecule has 1 saturated heterocycles. The van der Waals surface area contributed by atoms with Crippen LogP contribution in [0.5, 0.6) is 0 Å². The van der Waals surface area contributed by atoms with Crippen LogP contribution in [-0.2, 0) is 4.79 Å². The highest BCUT2D eigenvalue weighted by atomic mass is 16.3. The standard InChI is InChI=1S/C12H24N2O3/c1-2-12(8-15,9-16)14-11(17)10-6-4-3-5-7-13-10/h10,13,15-16H,2-9H2,1H3,(H,14,17). The monoisotopic (exact) mass is 244 g/mol. The van der Waals surface area contributed by atoms with E-state index >= 15 is 0 Å². The van der Waals surface area contributed by atoms with Gasteiger partial charge in [0.25, 0.3) is 0 Å². The molecule has 0 bridgehead atoms. The summed E-state index contributed by atoms with van der Waals surface area (Å²) < 4.78 is 0. The first-order chi connectivity index (χ1) is 8.17. The van der Waals surface area contributed by atoms with Gasteiger partial charge in [0, 0.05) is 0 Å². The molecule has 1 fully saturated rings. The van der Waals surface area contributed by atoms with E-state index in [2.05, 4.69) is 10.6 Å². The first-order valence-corrected chi connectivity index (χ1v) is 6.44. The van der Waals surface area contributed by atoms with Crippen LogP contribution in [0.3, 0.4) is 0 Å². The van der Waals surface area contributed by atoms with Gasteiger partial charge in [0.2, 0.25) is 5.91 Å². The van der Waals surface area contributed by atoms with Gasteiger partial charge in [-0.15, -0.1) is 0 Å². The van der Waals surface area contributed by atoms with Gasteiger partial charge in [0.05, 0.1) is 24.8 Å². The minimum absolute atomic E-state index is 0.114. The van der Waals surface area contributed by atoms with Crippen LogP contribution in [0.4, 0.5) is 0 Å². The molecule has 0 spiro atoms. The van der Waals surface area contributed by atoms with Crippen molar-refractivity contribution in [2.24, 2.45) is 0 Å². The summed E-state index contributed by atoms with van der Waals surface area (Å²) in [6.45, 7) is 2.22. The Morgan fingerprint density at radius 3 is 2.65 bits per heavy atom. The zero-order valence-corrected chi connectivity index (χ0v) is 10.5. The van der Waals surface area contributed by atoms with Gasteiger partial charge in [-0.05, 0) is 25.8 Å². The van der Waals surface area contributed by atoms with Crippen LogP contribution in [0.2, 0.25) is 0 Å². The summed E-state index contributed by atoms with van der Waals surface area (Å²) in [5.74, 6) is -0.114. The molecule has 0 radical (unpaired) electrons. The van der Waals surface area contributed by atoms with Crippen LogP contribution in [0, 0.1) is 0 Å². The van der Waals surface area contributed by atoms with E-state index in [9.17, 15) is 15.0 Å². The van der Waals surface area contributed by atoms with Gasteiger partial charge < -0.3 is 20.8 Å². The highest BCUT2D eigenvalue weighted by Crippen LogP contribution is 2.12. The smallest absolute Gasteiger partial charge is 0.237 e. The van der Waals surface area contributed by atoms with Crippen molar-refractivity contribution in [3.63, 3.8) is 0 Å². The maximum Gasteiger partial charge on any atom is 0.237 e. The van der Waals surface area contributed by atoms with Crippen molar-refractivity contribution in [1.29, 1.82) is 0 Å². The Morgan fingerprint density at radius 1 is 1.35 bits per heavy atom. The van der Waals surface area contributed by atoms with E-state index in [0.717, 1.165) is 32.2 Å². The molecular weight excluding hydrogens is 220 g/mol. The molecule has 1 rings (SSSR count). The van der Waals surface area contributed by atoms with Crippen LogP contribution in [-0.4, -0.2) is 47.5 Å². The van der Waals surface area contributed by atoms with E-state index in [4.69, 9.17) is 0 Å². The summed E-state index contributed by atoms with van der Waals surface area (Å²) in [6.07, 6.45) is 4.63. The van der Waals surface area contributed by atoms with E-state index < -0.39 is 5.54 Å². The van der Waals surface area contributed by atoms with Gasteiger partial charge in [-0.1, -0.05) is 19.8 Å². The van der Waals surface area contributed by atoms with E-state index in [1.165, 1.54) is 0 Å². The third-order valence-electron chi connectivity index (χ3n) is 3.55. The third-order valence-corrected chi connectivity index (χ3v) is 3.55. The molecule has 5 heteroatoms. The van der Waals surface area contributed by atoms with E-state index in [-0.39, 0.29) is 25.2 Å². The lowest BCUT2D eigenvalue weighted by molar-refractivity contribution is -0.126. The number of nitrogens with one attached hydrogen (secondary N) is 2. The second kappa shape index (κ2) is 6.93. The van der Waals surface area contributed by atoms with Crippen LogP contribution in [0.25, 0.3) is 0 Å². The lowest BCUT2D eigenvalue weighted by Gasteiger charge is -2.31. The van der Waals surface area contributed by atoms with E-state index in [1.54, 1.807) is 0 Å². The molecule has 1 aliphatic heterocycles. The lowest BCUT2D eigenvalue weighted by atomic mass is 9.97. The molecule has 17 heavy (non-hydrogen) atoms. The molecule has 0 aromatic carbocycles. The number of aliphatic hydroxyl groups is 2. The molecule has 0 aliphatic carbocycles. The predicted octanol–water partition coefficient (Wildman–Crippen LogP) is -0.232. The van der Waals surface area contributed by atoms with Crippen molar-refractivity contribution in [3.8, 4) is 0 Å². The highest BCUT2D eigenvalue weighted by molar-refractivity contribution is 5.82. The first kappa shape index (κ1) is 14.4. The number of carbonyl (C=O) groups excluding carboxylic acids is 1. The van der Waals surface area contributed by atoms with Gasteiger partial charge in [-0.3, -0.25) is 4.79 Å². The SMILES string of the molecule is CCC(CO)(CO)NC(=O)C1CCCCCN1. The van der Waals surface area contributed by atoms with Crippen molar-refractivity contribution in [2.75, 3.05) is 19.8 Å². The molecule has 1 atom stereocenters. The zero-order chi connectivity index (χ0) is 12.7. The second-order valence-corrected chi connectivity index (χ2v) is 4.80. The number of aliphatic hydroxyl groups excluding tert-OH is 2. The Bertz CT molecular complexity index is 226. The average Bonchev–Trinajstić information content (AvgIpc) is 2.65. The predicted molar refractivity (Wildman–Crippen MR) is 65.6 cm³/mol. The minimum atomic E-state index is -0.884. The van der Waals surface area contributed by atoms with Gasteiger partial charge in [0.1, 0.15) is 0 Å². The van der Waals surface area contributed by atoms with Gasteiger partial charge in [0.15, 0.2) is 0 Å². The summed E-state index contributed by atoms with van der Waals surface area (Å²) in [5.41, 5.74) is -0.884. The number of amides is 1. The molecule has 100 valence electrons. The minimum Gasteiger partial charge on any atom is -0.394 e. The fourth-order valence-corrected chi connectivity index (χ4v) is 2.04. The van der Waals surface area contributed by atoms with Gasteiger partial charge in [-0.25, -0.2) is 0 Å². The molecule has 4 N–H and O–H groups in total. The van der Waals surface area contributed by atoms with E-state index in [1.807, 2.05) is 6.92 Å². The van der Waals surface area contributed by atoms with Crippen LogP contribution in [0.1, 0.15) is 39.0 Å². The molecular formula is C12H24N2O3. The Labute approximate surface area is 103 Å². The normalized spacial score (nSPS) is 21.9. The van der Waals surface area contributed by atoms with Gasteiger partial charge in [-0.2, -0.15) is 0 Å². The fraction of sp³-hybridized carbons (Fsp3) is 0.917. The lowest BCUT2D eigenvalue weighted by Crippen LogP contribution is -2.58. The maximum atomic E-state index is 12.0. The number of hydrogen-bond acceptors (Lipinski definition) is 4. The first-order valence-electron chi connectivity index (χ1n) is 6.44. The number of hydrogen-bond donors (Lipinski definition) is 4. The molecule has 1 aliphatic rings. The summed E-state index contributed by atoms with van der Waals surface area (Å²) in [5, 5.41) is 24.5. The number of rotatable bonds is 5. The van der Waals surface area contributed by atoms with Crippen molar-refractivity contribution in [3.05, 3.63) is 0 Å². The number of carbonyl (C=O) groups is 1. The molecule has 5 nitrogen and oxygen atoms in total. The van der Waals surface area contributed by atoms with Crippen molar-refractivity contribution >= 4 is 5.91 Å². The highest BCUT2D eigenvalue weighted by Gasteiger charge is 2.31. The molecule has 1 unspecified atom stereocenters. The Morgan fingerprint density at radius 2 is 2.06 bits per heavy atom. The maximum absolute atomic E-state index is 12.0. The fourth-order valence-electron chi connectivity index (χ4n) is 2.04. The largest absolute Gasteiger partial charge is 0.394 e. The van der Waals surface area contributed by atoms with Crippen molar-refractivity contribution in [1.82, 2.24) is 10.6 Å². The van der Waals surface area contributed by atoms with E-state index in [0.29, 0.717) is 6.42 Å². The summed E-state index contributed by atoms with van der Waals surface area (Å²) >= 11 is 0. The van der Waals surface area contributed by atoms with Crippen LogP contribution in [0.15, 0.2) is 0 Å². The summed E-state index contributed by atoms with van der Waals surface area (Å²) in [6, 6.07) is -0.193.